The monoisotopic (exact) mass is 310 g/mol. The lowest BCUT2D eigenvalue weighted by molar-refractivity contribution is 0.564. The summed E-state index contributed by atoms with van der Waals surface area (Å²) in [6, 6.07) is 17.0. The third-order valence-corrected chi connectivity index (χ3v) is 3.88. The SMILES string of the molecule is NCc1nnn(Cc2ccccc2F)c1CCc1ccccc1. The lowest BCUT2D eigenvalue weighted by Gasteiger charge is -2.09. The summed E-state index contributed by atoms with van der Waals surface area (Å²) in [6.07, 6.45) is 1.65. The van der Waals surface area contributed by atoms with Crippen LogP contribution in [0.4, 0.5) is 4.39 Å². The van der Waals surface area contributed by atoms with Gasteiger partial charge in [-0.25, -0.2) is 9.07 Å². The van der Waals surface area contributed by atoms with E-state index < -0.39 is 0 Å². The first-order chi connectivity index (χ1) is 11.3. The van der Waals surface area contributed by atoms with Gasteiger partial charge < -0.3 is 5.73 Å². The second-order valence-corrected chi connectivity index (χ2v) is 5.42. The number of hydrogen-bond acceptors (Lipinski definition) is 3. The van der Waals surface area contributed by atoms with Gasteiger partial charge >= 0.3 is 0 Å². The Morgan fingerprint density at radius 1 is 0.957 bits per heavy atom. The molecule has 1 heterocycles. The first-order valence-electron chi connectivity index (χ1n) is 7.66. The van der Waals surface area contributed by atoms with Gasteiger partial charge in [-0.1, -0.05) is 53.7 Å². The normalized spacial score (nSPS) is 10.9. The minimum atomic E-state index is -0.230. The van der Waals surface area contributed by atoms with E-state index in [1.807, 2.05) is 24.3 Å². The fourth-order valence-electron chi connectivity index (χ4n) is 2.62. The summed E-state index contributed by atoms with van der Waals surface area (Å²) in [5.74, 6) is -0.230. The zero-order chi connectivity index (χ0) is 16.1. The van der Waals surface area contributed by atoms with Crippen LogP contribution in [0.25, 0.3) is 0 Å². The van der Waals surface area contributed by atoms with Crippen molar-refractivity contribution in [3.63, 3.8) is 0 Å². The van der Waals surface area contributed by atoms with E-state index in [2.05, 4.69) is 22.4 Å². The highest BCUT2D eigenvalue weighted by molar-refractivity contribution is 5.21. The third kappa shape index (κ3) is 3.63. The molecule has 118 valence electrons. The van der Waals surface area contributed by atoms with E-state index in [1.54, 1.807) is 16.8 Å². The maximum absolute atomic E-state index is 13.9. The van der Waals surface area contributed by atoms with Gasteiger partial charge in [0.1, 0.15) is 5.82 Å². The van der Waals surface area contributed by atoms with E-state index in [9.17, 15) is 4.39 Å². The third-order valence-electron chi connectivity index (χ3n) is 3.88. The molecular formula is C18H19FN4. The fraction of sp³-hybridized carbons (Fsp3) is 0.222. The first-order valence-corrected chi connectivity index (χ1v) is 7.66. The number of nitrogens with two attached hydrogens (primary N) is 1. The lowest BCUT2D eigenvalue weighted by atomic mass is 10.1. The number of aryl methyl sites for hydroxylation is 1. The van der Waals surface area contributed by atoms with Crippen LogP contribution < -0.4 is 5.73 Å². The van der Waals surface area contributed by atoms with E-state index in [4.69, 9.17) is 5.73 Å². The lowest BCUT2D eigenvalue weighted by Crippen LogP contribution is -2.11. The van der Waals surface area contributed by atoms with Gasteiger partial charge in [0.25, 0.3) is 0 Å². The minimum absolute atomic E-state index is 0.230. The maximum Gasteiger partial charge on any atom is 0.128 e. The van der Waals surface area contributed by atoms with Gasteiger partial charge in [-0.2, -0.15) is 0 Å². The Bertz CT molecular complexity index is 768. The maximum atomic E-state index is 13.9. The molecule has 0 aliphatic rings. The largest absolute Gasteiger partial charge is 0.325 e. The van der Waals surface area contributed by atoms with Gasteiger partial charge in [0.05, 0.1) is 17.9 Å². The summed E-state index contributed by atoms with van der Waals surface area (Å²) in [4.78, 5) is 0. The summed E-state index contributed by atoms with van der Waals surface area (Å²) >= 11 is 0. The molecule has 3 aromatic rings. The second kappa shape index (κ2) is 7.15. The van der Waals surface area contributed by atoms with Crippen LogP contribution in [0.2, 0.25) is 0 Å². The Hall–Kier alpha value is -2.53. The highest BCUT2D eigenvalue weighted by atomic mass is 19.1. The summed E-state index contributed by atoms with van der Waals surface area (Å²) < 4.78 is 15.6. The molecule has 0 unspecified atom stereocenters. The molecule has 0 radical (unpaired) electrons. The Morgan fingerprint density at radius 3 is 2.43 bits per heavy atom. The van der Waals surface area contributed by atoms with Gasteiger partial charge in [0, 0.05) is 12.1 Å². The van der Waals surface area contributed by atoms with Crippen molar-refractivity contribution < 1.29 is 4.39 Å². The zero-order valence-corrected chi connectivity index (χ0v) is 12.8. The van der Waals surface area contributed by atoms with Gasteiger partial charge in [-0.15, -0.1) is 5.10 Å². The molecule has 0 saturated heterocycles. The molecule has 3 rings (SSSR count). The molecule has 0 saturated carbocycles. The molecule has 0 atom stereocenters. The van der Waals surface area contributed by atoms with Crippen LogP contribution in [0, 0.1) is 5.82 Å². The van der Waals surface area contributed by atoms with Crippen molar-refractivity contribution in [2.24, 2.45) is 5.73 Å². The molecule has 0 spiro atoms. The van der Waals surface area contributed by atoms with Crippen molar-refractivity contribution in [1.29, 1.82) is 0 Å². The molecule has 5 heteroatoms. The first kappa shape index (κ1) is 15.4. The quantitative estimate of drug-likeness (QED) is 0.761. The average molecular weight is 310 g/mol. The molecule has 0 aliphatic carbocycles. The Labute approximate surface area is 134 Å². The van der Waals surface area contributed by atoms with Crippen molar-refractivity contribution >= 4 is 0 Å². The van der Waals surface area contributed by atoms with Crippen molar-refractivity contribution in [3.8, 4) is 0 Å². The predicted octanol–water partition coefficient (Wildman–Crippen LogP) is 2.71. The van der Waals surface area contributed by atoms with Gasteiger partial charge in [0.15, 0.2) is 0 Å². The van der Waals surface area contributed by atoms with Crippen molar-refractivity contribution in [2.45, 2.75) is 25.9 Å². The highest BCUT2D eigenvalue weighted by Crippen LogP contribution is 2.14. The van der Waals surface area contributed by atoms with E-state index in [0.29, 0.717) is 18.7 Å². The van der Waals surface area contributed by atoms with Crippen LogP contribution in [-0.2, 0) is 25.9 Å². The predicted molar refractivity (Wildman–Crippen MR) is 87.3 cm³/mol. The molecule has 2 aromatic carbocycles. The Morgan fingerprint density at radius 2 is 1.70 bits per heavy atom. The molecular weight excluding hydrogens is 291 g/mol. The molecule has 0 aliphatic heterocycles. The molecule has 23 heavy (non-hydrogen) atoms. The topological polar surface area (TPSA) is 56.7 Å². The van der Waals surface area contributed by atoms with Crippen LogP contribution in [0.3, 0.4) is 0 Å². The molecule has 0 amide bonds. The smallest absolute Gasteiger partial charge is 0.128 e. The Kier molecular flexibility index (Phi) is 4.78. The molecule has 2 N–H and O–H groups in total. The standard InChI is InChI=1S/C18H19FN4/c19-16-9-5-4-8-15(16)13-23-18(17(12-20)21-22-23)11-10-14-6-2-1-3-7-14/h1-9H,10-13,20H2. The number of nitrogens with zero attached hydrogens (tertiary/aromatic N) is 3. The van der Waals surface area contributed by atoms with E-state index >= 15 is 0 Å². The molecule has 0 fully saturated rings. The van der Waals surface area contributed by atoms with Crippen LogP contribution in [0.15, 0.2) is 54.6 Å². The molecule has 4 nitrogen and oxygen atoms in total. The Balaban J connectivity index is 1.81. The van der Waals surface area contributed by atoms with Crippen LogP contribution in [0.1, 0.15) is 22.5 Å². The van der Waals surface area contributed by atoms with Gasteiger partial charge in [0.2, 0.25) is 0 Å². The average Bonchev–Trinajstić information content (AvgIpc) is 2.98. The zero-order valence-electron chi connectivity index (χ0n) is 12.8. The van der Waals surface area contributed by atoms with E-state index in [1.165, 1.54) is 11.6 Å². The van der Waals surface area contributed by atoms with Crippen molar-refractivity contribution in [1.82, 2.24) is 15.0 Å². The van der Waals surface area contributed by atoms with Crippen molar-refractivity contribution in [3.05, 3.63) is 82.9 Å². The minimum Gasteiger partial charge on any atom is -0.325 e. The number of halogens is 1. The number of rotatable bonds is 6. The van der Waals surface area contributed by atoms with Crippen LogP contribution >= 0.6 is 0 Å². The number of benzene rings is 2. The second-order valence-electron chi connectivity index (χ2n) is 5.42. The molecule has 0 bridgehead atoms. The number of aromatic nitrogens is 3. The summed E-state index contributed by atoms with van der Waals surface area (Å²) in [5.41, 5.74) is 9.36. The molecule has 1 aromatic heterocycles. The number of hydrogen-bond donors (Lipinski definition) is 1. The highest BCUT2D eigenvalue weighted by Gasteiger charge is 2.13. The summed E-state index contributed by atoms with van der Waals surface area (Å²) in [6.45, 7) is 0.700. The van der Waals surface area contributed by atoms with Crippen LogP contribution in [0.5, 0.6) is 0 Å². The fourth-order valence-corrected chi connectivity index (χ4v) is 2.62. The van der Waals surface area contributed by atoms with E-state index in [-0.39, 0.29) is 5.82 Å². The summed E-state index contributed by atoms with van der Waals surface area (Å²) in [7, 11) is 0. The van der Waals surface area contributed by atoms with Crippen molar-refractivity contribution in [2.75, 3.05) is 0 Å². The summed E-state index contributed by atoms with van der Waals surface area (Å²) in [5, 5.41) is 8.29. The van der Waals surface area contributed by atoms with E-state index in [0.717, 1.165) is 24.2 Å². The van der Waals surface area contributed by atoms with Gasteiger partial charge in [-0.05, 0) is 24.5 Å². The van der Waals surface area contributed by atoms with Crippen LogP contribution in [-0.4, -0.2) is 15.0 Å². The van der Waals surface area contributed by atoms with Gasteiger partial charge in [-0.3, -0.25) is 0 Å².